The Kier molecular flexibility index (Phi) is 3.31. The van der Waals surface area contributed by atoms with Crippen molar-refractivity contribution < 1.29 is 4.74 Å². The monoisotopic (exact) mass is 172 g/mol. The van der Waals surface area contributed by atoms with E-state index in [1.165, 1.54) is 0 Å². The molecule has 0 radical (unpaired) electrons. The second-order valence-corrected chi connectivity index (χ2v) is 2.71. The van der Waals surface area contributed by atoms with Crippen molar-refractivity contribution in [2.75, 3.05) is 40.4 Å². The number of morpholine rings is 1. The van der Waals surface area contributed by atoms with Crippen molar-refractivity contribution in [3.63, 3.8) is 0 Å². The highest BCUT2D eigenvalue weighted by molar-refractivity contribution is 5.76. The van der Waals surface area contributed by atoms with Crippen LogP contribution in [0.2, 0.25) is 0 Å². The van der Waals surface area contributed by atoms with Gasteiger partial charge in [-0.1, -0.05) is 0 Å². The molecule has 0 atom stereocenters. The summed E-state index contributed by atoms with van der Waals surface area (Å²) in [4.78, 5) is 1.99. The van der Waals surface area contributed by atoms with Crippen molar-refractivity contribution in [2.24, 2.45) is 0 Å². The molecule has 0 unspecified atom stereocenters. The van der Waals surface area contributed by atoms with E-state index < -0.39 is 0 Å². The van der Waals surface area contributed by atoms with Crippen molar-refractivity contribution in [1.29, 1.82) is 5.41 Å². The normalized spacial score (nSPS) is 17.7. The summed E-state index contributed by atoms with van der Waals surface area (Å²) in [5, 5.41) is 9.41. The van der Waals surface area contributed by atoms with Gasteiger partial charge in [0.05, 0.1) is 13.2 Å². The van der Waals surface area contributed by atoms with E-state index in [4.69, 9.17) is 10.1 Å². The molecule has 1 aliphatic rings. The molecule has 1 rings (SSSR count). The number of nitrogens with one attached hydrogen (secondary N) is 2. The van der Waals surface area contributed by atoms with Gasteiger partial charge in [-0.3, -0.25) is 10.4 Å². The fourth-order valence-electron chi connectivity index (χ4n) is 1.09. The summed E-state index contributed by atoms with van der Waals surface area (Å²) in [5.41, 5.74) is 2.89. The zero-order valence-corrected chi connectivity index (χ0v) is 7.63. The van der Waals surface area contributed by atoms with Crippen LogP contribution in [0.15, 0.2) is 0 Å². The van der Waals surface area contributed by atoms with Crippen LogP contribution in [-0.4, -0.2) is 56.3 Å². The van der Waals surface area contributed by atoms with Crippen molar-refractivity contribution >= 4 is 5.96 Å². The first-order chi connectivity index (χ1) is 5.75. The lowest BCUT2D eigenvalue weighted by Gasteiger charge is -2.32. The summed E-state index contributed by atoms with van der Waals surface area (Å²) >= 11 is 0. The molecule has 0 aliphatic carbocycles. The summed E-state index contributed by atoms with van der Waals surface area (Å²) in [6.07, 6.45) is 0. The van der Waals surface area contributed by atoms with Gasteiger partial charge < -0.3 is 9.64 Å². The lowest BCUT2D eigenvalue weighted by Crippen LogP contribution is -2.50. The Morgan fingerprint density at radius 3 is 2.58 bits per heavy atom. The summed E-state index contributed by atoms with van der Waals surface area (Å²) in [6.45, 7) is 3.07. The Bertz CT molecular complexity index is 155. The Hall–Kier alpha value is -0.810. The number of hydrogen-bond acceptors (Lipinski definition) is 3. The predicted octanol–water partition coefficient (Wildman–Crippen LogP) is -0.680. The van der Waals surface area contributed by atoms with Gasteiger partial charge in [0, 0.05) is 27.2 Å². The molecule has 2 N–H and O–H groups in total. The zero-order valence-electron chi connectivity index (χ0n) is 7.63. The van der Waals surface area contributed by atoms with Crippen LogP contribution >= 0.6 is 0 Å². The minimum atomic E-state index is 0.501. The first-order valence-electron chi connectivity index (χ1n) is 4.08. The fraction of sp³-hybridized carbons (Fsp3) is 0.857. The van der Waals surface area contributed by atoms with Crippen molar-refractivity contribution in [3.05, 3.63) is 0 Å². The van der Waals surface area contributed by atoms with Crippen LogP contribution in [0.3, 0.4) is 0 Å². The van der Waals surface area contributed by atoms with Crippen LogP contribution in [-0.2, 0) is 4.74 Å². The maximum absolute atomic E-state index is 7.72. The Morgan fingerprint density at radius 2 is 2.08 bits per heavy atom. The van der Waals surface area contributed by atoms with E-state index in [0.717, 1.165) is 26.3 Å². The topological polar surface area (TPSA) is 51.6 Å². The molecule has 0 aromatic rings. The zero-order chi connectivity index (χ0) is 8.97. The molecular weight excluding hydrogens is 156 g/mol. The van der Waals surface area contributed by atoms with Crippen LogP contribution in [0.25, 0.3) is 0 Å². The molecule has 1 aliphatic heterocycles. The number of guanidine groups is 1. The average Bonchev–Trinajstić information content (AvgIpc) is 2.17. The van der Waals surface area contributed by atoms with Crippen LogP contribution in [0.5, 0.6) is 0 Å². The number of rotatable bonds is 1. The summed E-state index contributed by atoms with van der Waals surface area (Å²) in [7, 11) is 3.63. The molecule has 5 nitrogen and oxygen atoms in total. The van der Waals surface area contributed by atoms with E-state index in [2.05, 4.69) is 5.43 Å². The van der Waals surface area contributed by atoms with E-state index in [-0.39, 0.29) is 0 Å². The van der Waals surface area contributed by atoms with Crippen molar-refractivity contribution in [3.8, 4) is 0 Å². The molecule has 0 aromatic heterocycles. The first-order valence-corrected chi connectivity index (χ1v) is 4.08. The molecule has 1 heterocycles. The third-order valence-corrected chi connectivity index (χ3v) is 1.96. The van der Waals surface area contributed by atoms with Crippen molar-refractivity contribution in [2.45, 2.75) is 0 Å². The van der Waals surface area contributed by atoms with Gasteiger partial charge in [0.15, 0.2) is 0 Å². The minimum Gasteiger partial charge on any atom is -0.378 e. The van der Waals surface area contributed by atoms with E-state index in [1.54, 1.807) is 12.1 Å². The summed E-state index contributed by atoms with van der Waals surface area (Å²) in [6, 6.07) is 0. The lowest BCUT2D eigenvalue weighted by atomic mass is 10.4. The molecule has 1 saturated heterocycles. The number of hydrazine groups is 1. The maximum Gasteiger partial charge on any atom is 0.208 e. The Balaban J connectivity index is 2.39. The smallest absolute Gasteiger partial charge is 0.208 e. The van der Waals surface area contributed by atoms with Crippen LogP contribution in [0, 0.1) is 5.41 Å². The Labute approximate surface area is 72.8 Å². The lowest BCUT2D eigenvalue weighted by molar-refractivity contribution is 0.0611. The van der Waals surface area contributed by atoms with Gasteiger partial charge in [-0.15, -0.1) is 0 Å². The third kappa shape index (κ3) is 2.09. The van der Waals surface area contributed by atoms with Crippen molar-refractivity contribution in [1.82, 2.24) is 15.3 Å². The highest BCUT2D eigenvalue weighted by atomic mass is 16.5. The Morgan fingerprint density at radius 1 is 1.50 bits per heavy atom. The van der Waals surface area contributed by atoms with E-state index in [1.807, 2.05) is 11.9 Å². The van der Waals surface area contributed by atoms with E-state index in [9.17, 15) is 0 Å². The fourth-order valence-corrected chi connectivity index (χ4v) is 1.09. The first kappa shape index (κ1) is 9.28. The molecule has 5 heteroatoms. The molecule has 0 amide bonds. The number of nitrogens with zero attached hydrogens (tertiary/aromatic N) is 2. The highest BCUT2D eigenvalue weighted by Crippen LogP contribution is 1.98. The van der Waals surface area contributed by atoms with Gasteiger partial charge in [-0.2, -0.15) is 0 Å². The van der Waals surface area contributed by atoms with Gasteiger partial charge in [-0.05, 0) is 0 Å². The molecule has 0 spiro atoms. The van der Waals surface area contributed by atoms with Gasteiger partial charge in [0.1, 0.15) is 0 Å². The summed E-state index contributed by atoms with van der Waals surface area (Å²) in [5.74, 6) is 0.501. The second-order valence-electron chi connectivity index (χ2n) is 2.71. The minimum absolute atomic E-state index is 0.501. The molecular formula is C7H16N4O. The van der Waals surface area contributed by atoms with E-state index in [0.29, 0.717) is 5.96 Å². The molecule has 70 valence electrons. The number of hydrogen-bond donors (Lipinski definition) is 2. The van der Waals surface area contributed by atoms with Crippen LogP contribution in [0.4, 0.5) is 0 Å². The second kappa shape index (κ2) is 4.27. The number of ether oxygens (including phenoxy) is 1. The predicted molar refractivity (Wildman–Crippen MR) is 46.9 cm³/mol. The van der Waals surface area contributed by atoms with Gasteiger partial charge in [-0.25, -0.2) is 5.43 Å². The van der Waals surface area contributed by atoms with Crippen LogP contribution < -0.4 is 5.43 Å². The molecule has 1 fully saturated rings. The SMILES string of the molecule is CNN(C)C(=N)N1CCOCC1. The third-order valence-electron chi connectivity index (χ3n) is 1.96. The quantitative estimate of drug-likeness (QED) is 0.312. The average molecular weight is 172 g/mol. The summed E-state index contributed by atoms with van der Waals surface area (Å²) < 4.78 is 5.19. The molecule has 12 heavy (non-hydrogen) atoms. The van der Waals surface area contributed by atoms with Crippen LogP contribution in [0.1, 0.15) is 0 Å². The molecule has 0 saturated carbocycles. The standard InChI is InChI=1S/C7H16N4O/c1-9-10(2)7(8)11-3-5-12-6-4-11/h8-9H,3-6H2,1-2H3. The van der Waals surface area contributed by atoms with Gasteiger partial charge >= 0.3 is 0 Å². The largest absolute Gasteiger partial charge is 0.378 e. The van der Waals surface area contributed by atoms with E-state index >= 15 is 0 Å². The van der Waals surface area contributed by atoms with Gasteiger partial charge in [0.25, 0.3) is 0 Å². The maximum atomic E-state index is 7.72. The highest BCUT2D eigenvalue weighted by Gasteiger charge is 2.15. The molecule has 0 bridgehead atoms. The van der Waals surface area contributed by atoms with Gasteiger partial charge in [0.2, 0.25) is 5.96 Å². The molecule has 0 aromatic carbocycles.